The van der Waals surface area contributed by atoms with Gasteiger partial charge in [0, 0.05) is 0 Å². The van der Waals surface area contributed by atoms with Crippen molar-refractivity contribution in [1.29, 1.82) is 0 Å². The minimum atomic E-state index is -1.07. The number of esters is 2. The van der Waals surface area contributed by atoms with Gasteiger partial charge in [0.15, 0.2) is 0 Å². The first-order valence-corrected chi connectivity index (χ1v) is 8.92. The van der Waals surface area contributed by atoms with E-state index in [0.29, 0.717) is 16.9 Å². The number of para-hydroxylation sites is 1. The number of hydrogen-bond acceptors (Lipinski definition) is 5. The molecule has 0 amide bonds. The molecule has 3 aromatic carbocycles. The molecule has 3 aromatic rings. The van der Waals surface area contributed by atoms with Crippen molar-refractivity contribution >= 4 is 11.9 Å². The Morgan fingerprint density at radius 3 is 1.54 bits per heavy atom. The van der Waals surface area contributed by atoms with Gasteiger partial charge in [0.1, 0.15) is 5.75 Å². The van der Waals surface area contributed by atoms with Crippen LogP contribution in [-0.4, -0.2) is 24.8 Å². The first-order valence-electron chi connectivity index (χ1n) is 8.92. The first kappa shape index (κ1) is 19.2. The zero-order valence-electron chi connectivity index (χ0n) is 15.2. The maximum Gasteiger partial charge on any atom is 0.341 e. The summed E-state index contributed by atoms with van der Waals surface area (Å²) in [7, 11) is 0. The molecule has 5 heteroatoms. The molecular formula is C23H20O5. The van der Waals surface area contributed by atoms with Gasteiger partial charge in [-0.2, -0.15) is 0 Å². The van der Waals surface area contributed by atoms with Crippen molar-refractivity contribution in [2.75, 3.05) is 6.61 Å². The van der Waals surface area contributed by atoms with Gasteiger partial charge in [0.25, 0.3) is 6.29 Å². The van der Waals surface area contributed by atoms with E-state index in [1.165, 1.54) is 0 Å². The van der Waals surface area contributed by atoms with Gasteiger partial charge in [-0.3, -0.25) is 0 Å². The van der Waals surface area contributed by atoms with Crippen molar-refractivity contribution in [1.82, 2.24) is 0 Å². The van der Waals surface area contributed by atoms with Gasteiger partial charge in [-0.15, -0.1) is 0 Å². The van der Waals surface area contributed by atoms with Crippen LogP contribution in [0.1, 0.15) is 27.1 Å². The molecular weight excluding hydrogens is 356 g/mol. The zero-order valence-corrected chi connectivity index (χ0v) is 15.2. The second kappa shape index (κ2) is 9.92. The molecule has 0 aromatic heterocycles. The van der Waals surface area contributed by atoms with Crippen LogP contribution < -0.4 is 4.74 Å². The fourth-order valence-corrected chi connectivity index (χ4v) is 2.45. The predicted molar refractivity (Wildman–Crippen MR) is 104 cm³/mol. The van der Waals surface area contributed by atoms with Crippen molar-refractivity contribution in [3.8, 4) is 5.75 Å². The Morgan fingerprint density at radius 2 is 1.07 bits per heavy atom. The molecule has 0 fully saturated rings. The predicted octanol–water partition coefficient (Wildman–Crippen LogP) is 4.50. The summed E-state index contributed by atoms with van der Waals surface area (Å²) in [5.41, 5.74) is 0.763. The van der Waals surface area contributed by atoms with E-state index >= 15 is 0 Å². The minimum absolute atomic E-state index is 0.200. The van der Waals surface area contributed by atoms with Gasteiger partial charge < -0.3 is 14.2 Å². The van der Waals surface area contributed by atoms with Gasteiger partial charge >= 0.3 is 11.9 Å². The summed E-state index contributed by atoms with van der Waals surface area (Å²) >= 11 is 0. The number of benzene rings is 3. The highest BCUT2D eigenvalue weighted by Gasteiger charge is 2.21. The third kappa shape index (κ3) is 5.71. The van der Waals surface area contributed by atoms with Crippen molar-refractivity contribution in [2.45, 2.75) is 12.7 Å². The Kier molecular flexibility index (Phi) is 6.79. The first-order chi connectivity index (χ1) is 13.7. The molecule has 0 radical (unpaired) electrons. The highest BCUT2D eigenvalue weighted by atomic mass is 16.7. The van der Waals surface area contributed by atoms with Crippen LogP contribution in [0.4, 0.5) is 0 Å². The van der Waals surface area contributed by atoms with Crippen LogP contribution in [0, 0.1) is 0 Å². The Morgan fingerprint density at radius 1 is 0.643 bits per heavy atom. The molecule has 0 aliphatic heterocycles. The second-order valence-corrected chi connectivity index (χ2v) is 5.92. The number of carbonyl (C=O) groups is 2. The fraction of sp³-hybridized carbons (Fsp3) is 0.130. The molecule has 0 saturated heterocycles. The van der Waals surface area contributed by atoms with E-state index in [9.17, 15) is 9.59 Å². The normalized spacial score (nSPS) is 10.3. The third-order valence-corrected chi connectivity index (χ3v) is 3.86. The molecule has 0 atom stereocenters. The zero-order chi connectivity index (χ0) is 19.6. The van der Waals surface area contributed by atoms with E-state index < -0.39 is 18.2 Å². The molecule has 0 unspecified atom stereocenters. The smallest absolute Gasteiger partial charge is 0.341 e. The van der Waals surface area contributed by atoms with Gasteiger partial charge in [0.2, 0.25) is 0 Å². The van der Waals surface area contributed by atoms with E-state index in [1.807, 2.05) is 30.3 Å². The second-order valence-electron chi connectivity index (χ2n) is 5.92. The van der Waals surface area contributed by atoms with Crippen molar-refractivity contribution in [3.05, 3.63) is 102 Å². The third-order valence-electron chi connectivity index (χ3n) is 3.86. The van der Waals surface area contributed by atoms with E-state index in [1.54, 1.807) is 60.7 Å². The van der Waals surface area contributed by atoms with Crippen LogP contribution in [-0.2, 0) is 9.47 Å². The minimum Gasteiger partial charge on any atom is -0.493 e. The van der Waals surface area contributed by atoms with E-state index in [0.717, 1.165) is 0 Å². The van der Waals surface area contributed by atoms with Crippen LogP contribution in [0.3, 0.4) is 0 Å². The Balaban J connectivity index is 1.64. The van der Waals surface area contributed by atoms with Crippen molar-refractivity contribution in [3.63, 3.8) is 0 Å². The summed E-state index contributed by atoms with van der Waals surface area (Å²) in [6.07, 6.45) is -0.865. The molecule has 142 valence electrons. The lowest BCUT2D eigenvalue weighted by atomic mass is 10.2. The molecule has 3 rings (SSSR count). The SMILES string of the molecule is O=C(OC(CCOc1ccccc1)OC(=O)c1ccccc1)c1ccccc1. The maximum atomic E-state index is 12.4. The average molecular weight is 376 g/mol. The number of hydrogen-bond donors (Lipinski definition) is 0. The molecule has 0 bridgehead atoms. The lowest BCUT2D eigenvalue weighted by Gasteiger charge is -2.19. The summed E-state index contributed by atoms with van der Waals surface area (Å²) in [5, 5.41) is 0. The number of ether oxygens (including phenoxy) is 3. The fourth-order valence-electron chi connectivity index (χ4n) is 2.45. The highest BCUT2D eigenvalue weighted by Crippen LogP contribution is 2.13. The molecule has 0 aliphatic rings. The molecule has 0 spiro atoms. The van der Waals surface area contributed by atoms with Crippen molar-refractivity contribution < 1.29 is 23.8 Å². The van der Waals surface area contributed by atoms with E-state index in [-0.39, 0.29) is 13.0 Å². The molecule has 5 nitrogen and oxygen atoms in total. The Hall–Kier alpha value is -3.60. The summed E-state index contributed by atoms with van der Waals surface area (Å²) < 4.78 is 16.4. The van der Waals surface area contributed by atoms with Crippen LogP contribution in [0.25, 0.3) is 0 Å². The van der Waals surface area contributed by atoms with E-state index in [4.69, 9.17) is 14.2 Å². The monoisotopic (exact) mass is 376 g/mol. The highest BCUT2D eigenvalue weighted by molar-refractivity contribution is 5.90. The average Bonchev–Trinajstić information content (AvgIpc) is 2.75. The summed E-state index contributed by atoms with van der Waals surface area (Å²) in [6.45, 7) is 0.221. The summed E-state index contributed by atoms with van der Waals surface area (Å²) in [4.78, 5) is 24.7. The molecule has 0 heterocycles. The molecule has 0 N–H and O–H groups in total. The van der Waals surface area contributed by atoms with Crippen LogP contribution in [0.15, 0.2) is 91.0 Å². The van der Waals surface area contributed by atoms with Crippen LogP contribution in [0.2, 0.25) is 0 Å². The largest absolute Gasteiger partial charge is 0.493 e. The lowest BCUT2D eigenvalue weighted by molar-refractivity contribution is -0.0867. The van der Waals surface area contributed by atoms with Crippen LogP contribution in [0.5, 0.6) is 5.75 Å². The topological polar surface area (TPSA) is 61.8 Å². The quantitative estimate of drug-likeness (QED) is 0.428. The molecule has 28 heavy (non-hydrogen) atoms. The summed E-state index contributed by atoms with van der Waals surface area (Å²) in [5.74, 6) is -0.442. The molecule has 0 aliphatic carbocycles. The van der Waals surface area contributed by atoms with Crippen molar-refractivity contribution in [2.24, 2.45) is 0 Å². The number of rotatable bonds is 8. The van der Waals surface area contributed by atoms with Gasteiger partial charge in [-0.05, 0) is 36.4 Å². The maximum absolute atomic E-state index is 12.4. The number of carbonyl (C=O) groups excluding carboxylic acids is 2. The van der Waals surface area contributed by atoms with Crippen LogP contribution >= 0.6 is 0 Å². The van der Waals surface area contributed by atoms with Gasteiger partial charge in [-0.25, -0.2) is 9.59 Å². The van der Waals surface area contributed by atoms with Gasteiger partial charge in [0.05, 0.1) is 24.2 Å². The Bertz CT molecular complexity index is 825. The molecule has 0 saturated carbocycles. The lowest BCUT2D eigenvalue weighted by Crippen LogP contribution is -2.26. The van der Waals surface area contributed by atoms with Gasteiger partial charge in [-0.1, -0.05) is 54.6 Å². The Labute approximate surface area is 163 Å². The standard InChI is InChI=1S/C23H20O5/c24-22(18-10-4-1-5-11-18)27-21(16-17-26-20-14-8-3-9-15-20)28-23(25)19-12-6-2-7-13-19/h1-15,21H,16-17H2. The summed E-state index contributed by atoms with van der Waals surface area (Å²) in [6, 6.07) is 26.3. The van der Waals surface area contributed by atoms with E-state index in [2.05, 4.69) is 0 Å².